The first-order valence-corrected chi connectivity index (χ1v) is 7.33. The molecule has 0 aromatic heterocycles. The van der Waals surface area contributed by atoms with Crippen LogP contribution in [0.25, 0.3) is 0 Å². The molecule has 0 radical (unpaired) electrons. The van der Waals surface area contributed by atoms with E-state index in [-0.39, 0.29) is 5.75 Å². The summed E-state index contributed by atoms with van der Waals surface area (Å²) in [6.45, 7) is 4.14. The van der Waals surface area contributed by atoms with Crippen LogP contribution >= 0.6 is 0 Å². The van der Waals surface area contributed by atoms with E-state index in [2.05, 4.69) is 12.2 Å². The normalized spacial score (nSPS) is 20.7. The number of piperidine rings is 1. The van der Waals surface area contributed by atoms with Crippen molar-refractivity contribution in [2.24, 2.45) is 5.92 Å². The first-order valence-electron chi connectivity index (χ1n) is 5.72. The predicted octanol–water partition coefficient (Wildman–Crippen LogP) is 0.658. The fraction of sp³-hybridized carbons (Fsp3) is 1.00. The van der Waals surface area contributed by atoms with Gasteiger partial charge in [0.1, 0.15) is 0 Å². The maximum absolute atomic E-state index is 11.8. The summed E-state index contributed by atoms with van der Waals surface area (Å²) >= 11 is 0. The number of sulfonamides is 1. The van der Waals surface area contributed by atoms with Crippen LogP contribution in [0.15, 0.2) is 0 Å². The Morgan fingerprint density at radius 2 is 1.93 bits per heavy atom. The van der Waals surface area contributed by atoms with Gasteiger partial charge in [-0.15, -0.1) is 0 Å². The molecular formula is C10H22N2O2S. The van der Waals surface area contributed by atoms with Crippen molar-refractivity contribution in [3.05, 3.63) is 0 Å². The molecule has 15 heavy (non-hydrogen) atoms. The van der Waals surface area contributed by atoms with E-state index < -0.39 is 10.0 Å². The molecule has 1 fully saturated rings. The molecule has 5 heteroatoms. The first-order chi connectivity index (χ1) is 7.10. The maximum Gasteiger partial charge on any atom is 0.215 e. The molecule has 1 aliphatic rings. The Morgan fingerprint density at radius 3 is 2.40 bits per heavy atom. The molecule has 0 amide bonds. The first kappa shape index (κ1) is 12.9. The van der Waals surface area contributed by atoms with E-state index in [0.717, 1.165) is 18.8 Å². The van der Waals surface area contributed by atoms with Crippen molar-refractivity contribution >= 4 is 10.0 Å². The number of rotatable bonds is 5. The van der Waals surface area contributed by atoms with E-state index in [4.69, 9.17) is 0 Å². The molecule has 4 nitrogen and oxygen atoms in total. The van der Waals surface area contributed by atoms with Crippen LogP contribution < -0.4 is 5.32 Å². The minimum absolute atomic E-state index is 0.223. The van der Waals surface area contributed by atoms with E-state index in [1.807, 2.05) is 0 Å². The quantitative estimate of drug-likeness (QED) is 0.760. The van der Waals surface area contributed by atoms with Gasteiger partial charge in [-0.2, -0.15) is 0 Å². The second kappa shape index (κ2) is 5.82. The second-order valence-electron chi connectivity index (χ2n) is 4.17. The molecule has 0 aromatic carbocycles. The van der Waals surface area contributed by atoms with E-state index in [9.17, 15) is 8.42 Å². The lowest BCUT2D eigenvalue weighted by molar-refractivity contribution is 0.269. The van der Waals surface area contributed by atoms with Gasteiger partial charge in [-0.25, -0.2) is 12.7 Å². The number of hydrogen-bond donors (Lipinski definition) is 1. The van der Waals surface area contributed by atoms with Crippen LogP contribution in [-0.4, -0.2) is 45.2 Å². The Balaban J connectivity index is 2.45. The van der Waals surface area contributed by atoms with Gasteiger partial charge in [0, 0.05) is 19.6 Å². The molecule has 1 aliphatic heterocycles. The summed E-state index contributed by atoms with van der Waals surface area (Å²) < 4.78 is 25.3. The van der Waals surface area contributed by atoms with Crippen molar-refractivity contribution in [1.29, 1.82) is 0 Å². The molecule has 0 saturated carbocycles. The topological polar surface area (TPSA) is 49.4 Å². The summed E-state index contributed by atoms with van der Waals surface area (Å²) in [6, 6.07) is 0. The van der Waals surface area contributed by atoms with Gasteiger partial charge in [0.2, 0.25) is 10.0 Å². The molecule has 1 heterocycles. The average Bonchev–Trinajstić information content (AvgIpc) is 2.26. The van der Waals surface area contributed by atoms with Gasteiger partial charge in [-0.3, -0.25) is 0 Å². The summed E-state index contributed by atoms with van der Waals surface area (Å²) in [5, 5.41) is 2.88. The molecule has 0 aromatic rings. The summed E-state index contributed by atoms with van der Waals surface area (Å²) in [6.07, 6.45) is 3.22. The molecule has 0 bridgehead atoms. The molecule has 1 N–H and O–H groups in total. The van der Waals surface area contributed by atoms with Crippen molar-refractivity contribution in [3.63, 3.8) is 0 Å². The van der Waals surface area contributed by atoms with Crippen LogP contribution in [0.2, 0.25) is 0 Å². The third kappa shape index (κ3) is 3.74. The highest BCUT2D eigenvalue weighted by atomic mass is 32.2. The SMILES string of the molecule is CCC1CCN(S(=O)(=O)CCNC)CC1. The van der Waals surface area contributed by atoms with Crippen LogP contribution in [0.4, 0.5) is 0 Å². The number of nitrogens with one attached hydrogen (secondary N) is 1. The largest absolute Gasteiger partial charge is 0.319 e. The summed E-state index contributed by atoms with van der Waals surface area (Å²) in [7, 11) is -1.23. The highest BCUT2D eigenvalue weighted by molar-refractivity contribution is 7.89. The molecule has 1 rings (SSSR count). The van der Waals surface area contributed by atoms with E-state index in [0.29, 0.717) is 19.6 Å². The smallest absolute Gasteiger partial charge is 0.215 e. The molecule has 90 valence electrons. The van der Waals surface area contributed by atoms with Crippen molar-refractivity contribution < 1.29 is 8.42 Å². The highest BCUT2D eigenvalue weighted by Gasteiger charge is 2.26. The third-order valence-corrected chi connectivity index (χ3v) is 5.03. The van der Waals surface area contributed by atoms with E-state index in [1.54, 1.807) is 11.4 Å². The molecule has 0 aliphatic carbocycles. The van der Waals surface area contributed by atoms with Gasteiger partial charge in [-0.05, 0) is 25.8 Å². The Labute approximate surface area is 93.1 Å². The van der Waals surface area contributed by atoms with Crippen LogP contribution in [0.5, 0.6) is 0 Å². The molecule has 0 atom stereocenters. The minimum atomic E-state index is -3.01. The van der Waals surface area contributed by atoms with Crippen molar-refractivity contribution in [1.82, 2.24) is 9.62 Å². The highest BCUT2D eigenvalue weighted by Crippen LogP contribution is 2.21. The van der Waals surface area contributed by atoms with Gasteiger partial charge in [0.25, 0.3) is 0 Å². The van der Waals surface area contributed by atoms with Gasteiger partial charge in [-0.1, -0.05) is 13.3 Å². The molecule has 1 saturated heterocycles. The molecular weight excluding hydrogens is 212 g/mol. The zero-order valence-electron chi connectivity index (χ0n) is 9.70. The third-order valence-electron chi connectivity index (χ3n) is 3.15. The Morgan fingerprint density at radius 1 is 1.33 bits per heavy atom. The Kier molecular flexibility index (Phi) is 5.02. The van der Waals surface area contributed by atoms with Crippen LogP contribution in [0.3, 0.4) is 0 Å². The van der Waals surface area contributed by atoms with Gasteiger partial charge < -0.3 is 5.32 Å². The lowest BCUT2D eigenvalue weighted by Crippen LogP contribution is -2.41. The number of hydrogen-bond acceptors (Lipinski definition) is 3. The Hall–Kier alpha value is -0.130. The van der Waals surface area contributed by atoms with Gasteiger partial charge in [0.15, 0.2) is 0 Å². The average molecular weight is 234 g/mol. The van der Waals surface area contributed by atoms with Crippen LogP contribution in [-0.2, 0) is 10.0 Å². The summed E-state index contributed by atoms with van der Waals surface area (Å²) in [5.74, 6) is 0.945. The summed E-state index contributed by atoms with van der Waals surface area (Å²) in [4.78, 5) is 0. The minimum Gasteiger partial charge on any atom is -0.319 e. The van der Waals surface area contributed by atoms with Crippen LogP contribution in [0.1, 0.15) is 26.2 Å². The predicted molar refractivity (Wildman–Crippen MR) is 62.3 cm³/mol. The number of nitrogens with zero attached hydrogens (tertiary/aromatic N) is 1. The zero-order valence-corrected chi connectivity index (χ0v) is 10.5. The standard InChI is InChI=1S/C10H22N2O2S/c1-3-10-4-7-12(8-5-10)15(13,14)9-6-11-2/h10-11H,3-9H2,1-2H3. The van der Waals surface area contributed by atoms with Gasteiger partial charge in [0.05, 0.1) is 5.75 Å². The lowest BCUT2D eigenvalue weighted by Gasteiger charge is -2.30. The van der Waals surface area contributed by atoms with Crippen molar-refractivity contribution in [3.8, 4) is 0 Å². The van der Waals surface area contributed by atoms with Crippen molar-refractivity contribution in [2.45, 2.75) is 26.2 Å². The fourth-order valence-corrected chi connectivity index (χ4v) is 3.44. The van der Waals surface area contributed by atoms with Gasteiger partial charge >= 0.3 is 0 Å². The van der Waals surface area contributed by atoms with Crippen LogP contribution in [0, 0.1) is 5.92 Å². The maximum atomic E-state index is 11.8. The zero-order chi connectivity index (χ0) is 11.3. The van der Waals surface area contributed by atoms with Crippen molar-refractivity contribution in [2.75, 3.05) is 32.4 Å². The Bertz CT molecular complexity index is 269. The lowest BCUT2D eigenvalue weighted by atomic mass is 9.96. The monoisotopic (exact) mass is 234 g/mol. The second-order valence-corrected chi connectivity index (χ2v) is 6.26. The molecule has 0 unspecified atom stereocenters. The fourth-order valence-electron chi connectivity index (χ4n) is 1.96. The van der Waals surface area contributed by atoms with E-state index in [1.165, 1.54) is 6.42 Å². The summed E-state index contributed by atoms with van der Waals surface area (Å²) in [5.41, 5.74) is 0. The van der Waals surface area contributed by atoms with E-state index >= 15 is 0 Å². The molecule has 0 spiro atoms.